The fourth-order valence-electron chi connectivity index (χ4n) is 4.28. The number of fused-ring (bicyclic) bond motifs is 2. The van der Waals surface area contributed by atoms with Crippen molar-refractivity contribution in [2.45, 2.75) is 49.7 Å². The largest absolute Gasteiger partial charge is 0.396 e. The molecular formula is C17H22N2O2. The number of amides is 2. The van der Waals surface area contributed by atoms with Gasteiger partial charge in [0, 0.05) is 36.6 Å². The van der Waals surface area contributed by atoms with Crippen molar-refractivity contribution in [1.29, 1.82) is 0 Å². The minimum Gasteiger partial charge on any atom is -0.396 e. The molecule has 0 radical (unpaired) electrons. The van der Waals surface area contributed by atoms with E-state index in [0.29, 0.717) is 17.9 Å². The maximum atomic E-state index is 12.5. The van der Waals surface area contributed by atoms with Gasteiger partial charge < -0.3 is 15.3 Å². The predicted octanol–water partition coefficient (Wildman–Crippen LogP) is 2.10. The molecule has 0 spiro atoms. The number of urea groups is 1. The minimum absolute atomic E-state index is 0.0851. The number of hydrogen-bond donors (Lipinski definition) is 2. The Morgan fingerprint density at radius 2 is 2.05 bits per heavy atom. The number of aliphatic hydroxyl groups excluding tert-OH is 1. The molecule has 1 aliphatic carbocycles. The van der Waals surface area contributed by atoms with Crippen molar-refractivity contribution < 1.29 is 9.90 Å². The van der Waals surface area contributed by atoms with Gasteiger partial charge in [0.15, 0.2) is 0 Å². The van der Waals surface area contributed by atoms with Gasteiger partial charge in [0.05, 0.1) is 0 Å². The van der Waals surface area contributed by atoms with E-state index in [9.17, 15) is 9.90 Å². The van der Waals surface area contributed by atoms with Crippen LogP contribution in [0.25, 0.3) is 0 Å². The van der Waals surface area contributed by atoms with E-state index >= 15 is 0 Å². The monoisotopic (exact) mass is 286 g/mol. The minimum atomic E-state index is 0.0851. The second kappa shape index (κ2) is 5.02. The van der Waals surface area contributed by atoms with E-state index < -0.39 is 0 Å². The smallest absolute Gasteiger partial charge is 0.318 e. The molecule has 4 nitrogen and oxygen atoms in total. The number of rotatable bonds is 3. The number of nitrogens with one attached hydrogen (secondary N) is 1. The van der Waals surface area contributed by atoms with Crippen LogP contribution in [0.1, 0.15) is 37.2 Å². The fourth-order valence-corrected chi connectivity index (χ4v) is 4.28. The van der Waals surface area contributed by atoms with E-state index in [1.165, 1.54) is 5.56 Å². The topological polar surface area (TPSA) is 52.6 Å². The average molecular weight is 286 g/mol. The first kappa shape index (κ1) is 13.1. The first-order valence-corrected chi connectivity index (χ1v) is 8.02. The van der Waals surface area contributed by atoms with Crippen LogP contribution in [0.5, 0.6) is 0 Å². The van der Waals surface area contributed by atoms with Gasteiger partial charge in [0.2, 0.25) is 0 Å². The Balaban J connectivity index is 1.38. The zero-order valence-corrected chi connectivity index (χ0v) is 12.1. The molecule has 2 N–H and O–H groups in total. The Hall–Kier alpha value is -1.55. The van der Waals surface area contributed by atoms with Gasteiger partial charge in [-0.3, -0.25) is 0 Å². The molecule has 1 aromatic rings. The second-order valence-electron chi connectivity index (χ2n) is 6.69. The molecule has 1 aromatic carbocycles. The lowest BCUT2D eigenvalue weighted by atomic mass is 9.90. The molecule has 4 rings (SSSR count). The van der Waals surface area contributed by atoms with Crippen molar-refractivity contribution in [3.63, 3.8) is 0 Å². The third-order valence-electron chi connectivity index (χ3n) is 5.46. The van der Waals surface area contributed by atoms with Gasteiger partial charge in [-0.05, 0) is 31.2 Å². The summed E-state index contributed by atoms with van der Waals surface area (Å²) in [7, 11) is 0. The summed E-state index contributed by atoms with van der Waals surface area (Å²) in [5.74, 6) is 0.766. The van der Waals surface area contributed by atoms with E-state index in [-0.39, 0.29) is 24.7 Å². The average Bonchev–Trinajstić information content (AvgIpc) is 3.04. The molecule has 21 heavy (non-hydrogen) atoms. The molecule has 3 fully saturated rings. The molecule has 2 aliphatic heterocycles. The highest BCUT2D eigenvalue weighted by molar-refractivity contribution is 5.76. The predicted molar refractivity (Wildman–Crippen MR) is 80.0 cm³/mol. The number of nitrogens with zero attached hydrogens (tertiary/aromatic N) is 1. The molecule has 3 aliphatic rings. The maximum absolute atomic E-state index is 12.5. The number of carbonyl (C=O) groups excluding carboxylic acids is 1. The maximum Gasteiger partial charge on any atom is 0.318 e. The molecule has 2 heterocycles. The highest BCUT2D eigenvalue weighted by Crippen LogP contribution is 2.43. The number of carbonyl (C=O) groups is 1. The quantitative estimate of drug-likeness (QED) is 0.894. The number of hydrogen-bond acceptors (Lipinski definition) is 2. The van der Waals surface area contributed by atoms with Gasteiger partial charge in [-0.1, -0.05) is 30.3 Å². The van der Waals surface area contributed by atoms with Crippen LogP contribution in [-0.2, 0) is 0 Å². The van der Waals surface area contributed by atoms with Crippen LogP contribution in [0.2, 0.25) is 0 Å². The highest BCUT2D eigenvalue weighted by Gasteiger charge is 2.49. The van der Waals surface area contributed by atoms with Crippen LogP contribution < -0.4 is 5.32 Å². The summed E-state index contributed by atoms with van der Waals surface area (Å²) < 4.78 is 0. The Labute approximate surface area is 125 Å². The van der Waals surface area contributed by atoms with E-state index in [2.05, 4.69) is 29.6 Å². The standard InChI is InChI=1S/C17H22N2O2/c20-10-12-8-13-6-7-16(12)19(13)17(21)18-15-9-14(15)11-4-2-1-3-5-11/h1-5,12-16,20H,6-10H2,(H,18,21). The number of benzene rings is 1. The lowest BCUT2D eigenvalue weighted by Crippen LogP contribution is -2.45. The Bertz CT molecular complexity index is 533. The summed E-state index contributed by atoms with van der Waals surface area (Å²) in [6.45, 7) is 0.209. The van der Waals surface area contributed by atoms with Gasteiger partial charge in [0.1, 0.15) is 0 Å². The van der Waals surface area contributed by atoms with Gasteiger partial charge in [0.25, 0.3) is 0 Å². The van der Waals surface area contributed by atoms with E-state index in [0.717, 1.165) is 25.7 Å². The van der Waals surface area contributed by atoms with Crippen molar-refractivity contribution in [2.75, 3.05) is 6.61 Å². The Kier molecular flexibility index (Phi) is 3.14. The molecule has 4 heteroatoms. The van der Waals surface area contributed by atoms with E-state index in [1.807, 2.05) is 11.0 Å². The number of aliphatic hydroxyl groups is 1. The van der Waals surface area contributed by atoms with Crippen LogP contribution in [0.15, 0.2) is 30.3 Å². The zero-order valence-electron chi connectivity index (χ0n) is 12.1. The molecule has 2 saturated heterocycles. The Morgan fingerprint density at radius 3 is 2.76 bits per heavy atom. The Morgan fingerprint density at radius 1 is 1.24 bits per heavy atom. The van der Waals surface area contributed by atoms with Crippen molar-refractivity contribution in [3.05, 3.63) is 35.9 Å². The first-order chi connectivity index (χ1) is 10.3. The normalized spacial score (nSPS) is 36.8. The van der Waals surface area contributed by atoms with E-state index in [1.54, 1.807) is 0 Å². The lowest BCUT2D eigenvalue weighted by Gasteiger charge is -2.24. The van der Waals surface area contributed by atoms with E-state index in [4.69, 9.17) is 0 Å². The summed E-state index contributed by atoms with van der Waals surface area (Å²) >= 11 is 0. The third-order valence-corrected chi connectivity index (χ3v) is 5.46. The molecule has 5 atom stereocenters. The van der Waals surface area contributed by atoms with Crippen molar-refractivity contribution >= 4 is 6.03 Å². The van der Waals surface area contributed by atoms with Crippen molar-refractivity contribution in [3.8, 4) is 0 Å². The van der Waals surface area contributed by atoms with Crippen LogP contribution in [-0.4, -0.2) is 40.8 Å². The zero-order chi connectivity index (χ0) is 14.4. The fraction of sp³-hybridized carbons (Fsp3) is 0.588. The SMILES string of the molecule is O=C(NC1CC1c1ccccc1)N1C2CCC1C(CO)C2. The summed E-state index contributed by atoms with van der Waals surface area (Å²) in [4.78, 5) is 14.5. The summed E-state index contributed by atoms with van der Waals surface area (Å²) in [6, 6.07) is 11.4. The van der Waals surface area contributed by atoms with Crippen LogP contribution in [0.3, 0.4) is 0 Å². The molecule has 1 saturated carbocycles. The second-order valence-corrected chi connectivity index (χ2v) is 6.69. The summed E-state index contributed by atoms with van der Waals surface area (Å²) in [6.07, 6.45) is 4.17. The molecular weight excluding hydrogens is 264 g/mol. The molecule has 0 aromatic heterocycles. The van der Waals surface area contributed by atoms with Crippen LogP contribution >= 0.6 is 0 Å². The van der Waals surface area contributed by atoms with Crippen molar-refractivity contribution in [2.24, 2.45) is 5.92 Å². The lowest BCUT2D eigenvalue weighted by molar-refractivity contribution is 0.169. The van der Waals surface area contributed by atoms with Gasteiger partial charge in [-0.15, -0.1) is 0 Å². The first-order valence-electron chi connectivity index (χ1n) is 8.02. The van der Waals surface area contributed by atoms with Crippen LogP contribution in [0.4, 0.5) is 4.79 Å². The van der Waals surface area contributed by atoms with Gasteiger partial charge in [-0.25, -0.2) is 4.79 Å². The van der Waals surface area contributed by atoms with Crippen LogP contribution in [0, 0.1) is 5.92 Å². The molecule has 112 valence electrons. The summed E-state index contributed by atoms with van der Waals surface area (Å²) in [5.41, 5.74) is 1.32. The third kappa shape index (κ3) is 2.22. The highest BCUT2D eigenvalue weighted by atomic mass is 16.3. The molecule has 2 bridgehead atoms. The summed E-state index contributed by atoms with van der Waals surface area (Å²) in [5, 5.41) is 12.6. The van der Waals surface area contributed by atoms with Gasteiger partial charge in [-0.2, -0.15) is 0 Å². The molecule has 5 unspecified atom stereocenters. The van der Waals surface area contributed by atoms with Crippen molar-refractivity contribution in [1.82, 2.24) is 10.2 Å². The molecule has 2 amide bonds. The van der Waals surface area contributed by atoms with Gasteiger partial charge >= 0.3 is 6.03 Å².